The summed E-state index contributed by atoms with van der Waals surface area (Å²) < 4.78 is 0. The third-order valence-electron chi connectivity index (χ3n) is 2.76. The molecule has 0 saturated heterocycles. The van der Waals surface area contributed by atoms with Crippen LogP contribution in [0.5, 0.6) is 0 Å². The highest BCUT2D eigenvalue weighted by Crippen LogP contribution is 2.02. The second kappa shape index (κ2) is 8.48. The van der Waals surface area contributed by atoms with E-state index in [0.717, 1.165) is 19.5 Å². The zero-order chi connectivity index (χ0) is 14.1. The highest BCUT2D eigenvalue weighted by Gasteiger charge is 2.10. The second-order valence-electron chi connectivity index (χ2n) is 4.27. The van der Waals surface area contributed by atoms with Crippen LogP contribution in [0.2, 0.25) is 0 Å². The molecule has 0 spiro atoms. The summed E-state index contributed by atoms with van der Waals surface area (Å²) in [5.74, 6) is -0.302. The molecule has 19 heavy (non-hydrogen) atoms. The minimum Gasteiger partial charge on any atom is -0.370 e. The molecule has 0 atom stereocenters. The molecule has 104 valence electrons. The Bertz CT molecular complexity index is 408. The minimum absolute atomic E-state index is 0.302. The van der Waals surface area contributed by atoms with Gasteiger partial charge in [0.1, 0.15) is 0 Å². The van der Waals surface area contributed by atoms with Gasteiger partial charge in [0.05, 0.1) is 0 Å². The first-order chi connectivity index (χ1) is 9.13. The standard InChI is InChI=1S/C14H21N3OS/c1-2-16-14(19)17(11-9-13(15)18)10-8-12-6-4-3-5-7-12/h3-7H,2,8-11H2,1H3,(H2,15,18)(H,16,19). The van der Waals surface area contributed by atoms with Crippen LogP contribution in [-0.4, -0.2) is 35.6 Å². The Kier molecular flexibility index (Phi) is 6.89. The van der Waals surface area contributed by atoms with E-state index in [1.54, 1.807) is 0 Å². The Hall–Kier alpha value is -1.62. The zero-order valence-corrected chi connectivity index (χ0v) is 12.1. The first-order valence-corrected chi connectivity index (χ1v) is 6.89. The molecule has 3 N–H and O–H groups in total. The molecule has 0 aromatic heterocycles. The molecule has 0 unspecified atom stereocenters. The molecule has 0 aliphatic carbocycles. The fourth-order valence-corrected chi connectivity index (χ4v) is 2.06. The smallest absolute Gasteiger partial charge is 0.219 e. The molecule has 0 heterocycles. The average molecular weight is 279 g/mol. The number of thiocarbonyl (C=S) groups is 1. The monoisotopic (exact) mass is 279 g/mol. The van der Waals surface area contributed by atoms with Crippen molar-refractivity contribution in [1.82, 2.24) is 10.2 Å². The van der Waals surface area contributed by atoms with Gasteiger partial charge in [-0.3, -0.25) is 4.79 Å². The Morgan fingerprint density at radius 3 is 2.58 bits per heavy atom. The van der Waals surface area contributed by atoms with Crippen LogP contribution in [0, 0.1) is 0 Å². The Balaban J connectivity index is 2.52. The van der Waals surface area contributed by atoms with Gasteiger partial charge in [0, 0.05) is 26.1 Å². The van der Waals surface area contributed by atoms with E-state index in [9.17, 15) is 4.79 Å². The van der Waals surface area contributed by atoms with Crippen LogP contribution in [0.3, 0.4) is 0 Å². The van der Waals surface area contributed by atoms with E-state index >= 15 is 0 Å². The summed E-state index contributed by atoms with van der Waals surface area (Å²) in [5, 5.41) is 3.79. The maximum absolute atomic E-state index is 10.9. The van der Waals surface area contributed by atoms with Gasteiger partial charge >= 0.3 is 0 Å². The van der Waals surface area contributed by atoms with Crippen LogP contribution in [0.4, 0.5) is 0 Å². The van der Waals surface area contributed by atoms with E-state index in [4.69, 9.17) is 18.0 Å². The van der Waals surface area contributed by atoms with Crippen LogP contribution in [0.1, 0.15) is 18.9 Å². The van der Waals surface area contributed by atoms with Crippen molar-refractivity contribution in [2.75, 3.05) is 19.6 Å². The summed E-state index contributed by atoms with van der Waals surface area (Å²) in [6, 6.07) is 10.2. The lowest BCUT2D eigenvalue weighted by molar-refractivity contribution is -0.118. The van der Waals surface area contributed by atoms with Crippen molar-refractivity contribution in [3.8, 4) is 0 Å². The van der Waals surface area contributed by atoms with Crippen LogP contribution < -0.4 is 11.1 Å². The number of carbonyl (C=O) groups is 1. The number of benzene rings is 1. The summed E-state index contributed by atoms with van der Waals surface area (Å²) in [7, 11) is 0. The molecular weight excluding hydrogens is 258 g/mol. The summed E-state index contributed by atoms with van der Waals surface area (Å²) in [6.07, 6.45) is 1.21. The maximum atomic E-state index is 10.9. The number of nitrogens with one attached hydrogen (secondary N) is 1. The lowest BCUT2D eigenvalue weighted by atomic mass is 10.1. The van der Waals surface area contributed by atoms with Gasteiger partial charge < -0.3 is 16.0 Å². The van der Waals surface area contributed by atoms with E-state index in [-0.39, 0.29) is 5.91 Å². The summed E-state index contributed by atoms with van der Waals surface area (Å²) in [6.45, 7) is 4.12. The van der Waals surface area contributed by atoms with Crippen molar-refractivity contribution < 1.29 is 4.79 Å². The number of nitrogens with two attached hydrogens (primary N) is 1. The number of carbonyl (C=O) groups excluding carboxylic acids is 1. The van der Waals surface area contributed by atoms with Gasteiger partial charge in [-0.15, -0.1) is 0 Å². The number of primary amides is 1. The SMILES string of the molecule is CCNC(=S)N(CCC(N)=O)CCc1ccccc1. The lowest BCUT2D eigenvalue weighted by Crippen LogP contribution is -2.42. The van der Waals surface area contributed by atoms with Crippen LogP contribution in [0.25, 0.3) is 0 Å². The Morgan fingerprint density at radius 1 is 1.32 bits per heavy atom. The fourth-order valence-electron chi connectivity index (χ4n) is 1.73. The third kappa shape index (κ3) is 6.20. The van der Waals surface area contributed by atoms with Gasteiger partial charge in [0.25, 0.3) is 0 Å². The molecule has 0 radical (unpaired) electrons. The average Bonchev–Trinajstić information content (AvgIpc) is 2.40. The van der Waals surface area contributed by atoms with Crippen LogP contribution >= 0.6 is 12.2 Å². The molecule has 1 amide bonds. The van der Waals surface area contributed by atoms with Crippen molar-refractivity contribution in [3.63, 3.8) is 0 Å². The zero-order valence-electron chi connectivity index (χ0n) is 11.3. The van der Waals surface area contributed by atoms with Crippen LogP contribution in [-0.2, 0) is 11.2 Å². The molecule has 1 aromatic rings. The van der Waals surface area contributed by atoms with E-state index in [0.29, 0.717) is 18.1 Å². The van der Waals surface area contributed by atoms with Crippen LogP contribution in [0.15, 0.2) is 30.3 Å². The quantitative estimate of drug-likeness (QED) is 0.739. The van der Waals surface area contributed by atoms with Gasteiger partial charge in [-0.1, -0.05) is 30.3 Å². The van der Waals surface area contributed by atoms with Crippen molar-refractivity contribution >= 4 is 23.2 Å². The molecule has 0 saturated carbocycles. The molecule has 0 fully saturated rings. The second-order valence-corrected chi connectivity index (χ2v) is 4.66. The highest BCUT2D eigenvalue weighted by atomic mass is 32.1. The van der Waals surface area contributed by atoms with Gasteiger partial charge in [-0.05, 0) is 31.1 Å². The number of hydrogen-bond acceptors (Lipinski definition) is 2. The topological polar surface area (TPSA) is 58.4 Å². The molecule has 0 aliphatic rings. The van der Waals surface area contributed by atoms with E-state index in [2.05, 4.69) is 17.4 Å². The first kappa shape index (κ1) is 15.4. The highest BCUT2D eigenvalue weighted by molar-refractivity contribution is 7.80. The number of hydrogen-bond donors (Lipinski definition) is 2. The van der Waals surface area contributed by atoms with Gasteiger partial charge in [-0.2, -0.15) is 0 Å². The van der Waals surface area contributed by atoms with E-state index < -0.39 is 0 Å². The molecule has 0 bridgehead atoms. The Labute approximate surface area is 120 Å². The minimum atomic E-state index is -0.302. The Morgan fingerprint density at radius 2 is 2.00 bits per heavy atom. The first-order valence-electron chi connectivity index (χ1n) is 6.48. The lowest BCUT2D eigenvalue weighted by Gasteiger charge is -2.25. The van der Waals surface area contributed by atoms with E-state index in [1.165, 1.54) is 5.56 Å². The van der Waals surface area contributed by atoms with Crippen molar-refractivity contribution in [2.45, 2.75) is 19.8 Å². The predicted molar refractivity (Wildman–Crippen MR) is 81.8 cm³/mol. The van der Waals surface area contributed by atoms with Gasteiger partial charge in [0.15, 0.2) is 5.11 Å². The fraction of sp³-hybridized carbons (Fsp3) is 0.429. The van der Waals surface area contributed by atoms with Crippen molar-refractivity contribution in [3.05, 3.63) is 35.9 Å². The number of amides is 1. The summed E-state index contributed by atoms with van der Waals surface area (Å²) in [4.78, 5) is 12.9. The molecule has 5 heteroatoms. The van der Waals surface area contributed by atoms with Gasteiger partial charge in [0.2, 0.25) is 5.91 Å². The van der Waals surface area contributed by atoms with Gasteiger partial charge in [-0.25, -0.2) is 0 Å². The molecule has 1 rings (SSSR count). The van der Waals surface area contributed by atoms with Crippen molar-refractivity contribution in [1.29, 1.82) is 0 Å². The third-order valence-corrected chi connectivity index (χ3v) is 3.16. The molecule has 1 aromatic carbocycles. The normalized spacial score (nSPS) is 9.95. The maximum Gasteiger partial charge on any atom is 0.219 e. The summed E-state index contributed by atoms with van der Waals surface area (Å²) >= 11 is 5.30. The number of rotatable bonds is 7. The van der Waals surface area contributed by atoms with E-state index in [1.807, 2.05) is 30.0 Å². The molecule has 0 aliphatic heterocycles. The molecule has 4 nitrogen and oxygen atoms in total. The predicted octanol–water partition coefficient (Wildman–Crippen LogP) is 1.30. The van der Waals surface area contributed by atoms with Crippen molar-refractivity contribution in [2.24, 2.45) is 5.73 Å². The largest absolute Gasteiger partial charge is 0.370 e. The summed E-state index contributed by atoms with van der Waals surface area (Å²) in [5.41, 5.74) is 6.45. The number of nitrogens with zero attached hydrogens (tertiary/aromatic N) is 1. The molecular formula is C14H21N3OS.